The van der Waals surface area contributed by atoms with Crippen molar-refractivity contribution in [1.29, 1.82) is 0 Å². The molecule has 1 heterocycles. The second-order valence-electron chi connectivity index (χ2n) is 4.50. The van der Waals surface area contributed by atoms with E-state index in [0.29, 0.717) is 10.0 Å². The first-order valence-electron chi connectivity index (χ1n) is 6.40. The molecule has 0 fully saturated rings. The summed E-state index contributed by atoms with van der Waals surface area (Å²) in [6.45, 7) is 5.19. The average molecular weight is 298 g/mol. The maximum absolute atomic E-state index is 6.17. The van der Waals surface area contributed by atoms with Crippen molar-refractivity contribution < 1.29 is 4.42 Å². The standard InChI is InChI=1S/C15H17Cl2NO/c1-3-8-18-10(2)14-6-7-15(19-14)12-9-11(16)4-5-13(12)17/h4-7,9-10,18H,3,8H2,1-2H3. The van der Waals surface area contributed by atoms with Crippen LogP contribution >= 0.6 is 23.2 Å². The predicted molar refractivity (Wildman–Crippen MR) is 80.9 cm³/mol. The van der Waals surface area contributed by atoms with Gasteiger partial charge in [0.15, 0.2) is 0 Å². The summed E-state index contributed by atoms with van der Waals surface area (Å²) in [5.41, 5.74) is 0.822. The van der Waals surface area contributed by atoms with Gasteiger partial charge in [-0.25, -0.2) is 0 Å². The van der Waals surface area contributed by atoms with E-state index in [-0.39, 0.29) is 6.04 Å². The van der Waals surface area contributed by atoms with Gasteiger partial charge in [-0.05, 0) is 50.2 Å². The lowest BCUT2D eigenvalue weighted by molar-refractivity contribution is 0.439. The summed E-state index contributed by atoms with van der Waals surface area (Å²) < 4.78 is 5.86. The first kappa shape index (κ1) is 14.4. The quantitative estimate of drug-likeness (QED) is 0.808. The molecule has 1 atom stereocenters. The van der Waals surface area contributed by atoms with Crippen molar-refractivity contribution in [2.45, 2.75) is 26.3 Å². The third kappa shape index (κ3) is 3.53. The lowest BCUT2D eigenvalue weighted by Gasteiger charge is -2.10. The minimum absolute atomic E-state index is 0.187. The Hall–Kier alpha value is -0.960. The molecule has 0 amide bonds. The van der Waals surface area contributed by atoms with E-state index in [2.05, 4.69) is 19.2 Å². The Bertz CT molecular complexity index is 551. The number of benzene rings is 1. The van der Waals surface area contributed by atoms with E-state index in [9.17, 15) is 0 Å². The van der Waals surface area contributed by atoms with Crippen LogP contribution in [0.4, 0.5) is 0 Å². The van der Waals surface area contributed by atoms with Gasteiger partial charge in [0.05, 0.1) is 11.1 Å². The molecule has 19 heavy (non-hydrogen) atoms. The zero-order valence-corrected chi connectivity index (χ0v) is 12.6. The number of furan rings is 1. The molecule has 0 aliphatic carbocycles. The van der Waals surface area contributed by atoms with Crippen molar-refractivity contribution >= 4 is 23.2 Å². The van der Waals surface area contributed by atoms with Gasteiger partial charge >= 0.3 is 0 Å². The first-order chi connectivity index (χ1) is 9.11. The Labute approximate surface area is 123 Å². The molecule has 1 aromatic heterocycles. The van der Waals surface area contributed by atoms with Gasteiger partial charge in [-0.3, -0.25) is 0 Å². The summed E-state index contributed by atoms with van der Waals surface area (Å²) in [5.74, 6) is 1.65. The topological polar surface area (TPSA) is 25.2 Å². The van der Waals surface area contributed by atoms with E-state index in [0.717, 1.165) is 30.0 Å². The number of halogens is 2. The van der Waals surface area contributed by atoms with E-state index in [1.54, 1.807) is 12.1 Å². The Morgan fingerprint density at radius 1 is 1.21 bits per heavy atom. The van der Waals surface area contributed by atoms with Crippen LogP contribution in [0.5, 0.6) is 0 Å². The zero-order chi connectivity index (χ0) is 13.8. The van der Waals surface area contributed by atoms with Crippen molar-refractivity contribution in [3.8, 4) is 11.3 Å². The van der Waals surface area contributed by atoms with Crippen molar-refractivity contribution in [2.75, 3.05) is 6.54 Å². The fourth-order valence-corrected chi connectivity index (χ4v) is 2.26. The first-order valence-corrected chi connectivity index (χ1v) is 7.16. The van der Waals surface area contributed by atoms with E-state index in [4.69, 9.17) is 27.6 Å². The van der Waals surface area contributed by atoms with Crippen LogP contribution in [0.3, 0.4) is 0 Å². The van der Waals surface area contributed by atoms with E-state index >= 15 is 0 Å². The normalized spacial score (nSPS) is 12.6. The molecule has 0 spiro atoms. The number of rotatable bonds is 5. The Morgan fingerprint density at radius 2 is 2.00 bits per heavy atom. The molecule has 2 rings (SSSR count). The predicted octanol–water partition coefficient (Wildman–Crippen LogP) is 5.31. The maximum atomic E-state index is 6.17. The van der Waals surface area contributed by atoms with Gasteiger partial charge in [-0.15, -0.1) is 0 Å². The smallest absolute Gasteiger partial charge is 0.135 e. The van der Waals surface area contributed by atoms with Gasteiger partial charge in [0.25, 0.3) is 0 Å². The molecule has 102 valence electrons. The highest BCUT2D eigenvalue weighted by Gasteiger charge is 2.13. The van der Waals surface area contributed by atoms with Crippen molar-refractivity contribution in [3.63, 3.8) is 0 Å². The second-order valence-corrected chi connectivity index (χ2v) is 5.35. The molecule has 0 aliphatic heterocycles. The van der Waals surface area contributed by atoms with E-state index < -0.39 is 0 Å². The summed E-state index contributed by atoms with van der Waals surface area (Å²) in [6, 6.07) is 9.45. The van der Waals surface area contributed by atoms with Crippen molar-refractivity contribution in [1.82, 2.24) is 5.32 Å². The molecule has 4 heteroatoms. The van der Waals surface area contributed by atoms with Crippen LogP contribution in [0.1, 0.15) is 32.1 Å². The average Bonchev–Trinajstić information content (AvgIpc) is 2.88. The molecule has 1 unspecified atom stereocenters. The molecule has 1 N–H and O–H groups in total. The Balaban J connectivity index is 2.23. The molecule has 0 saturated heterocycles. The molecular formula is C15H17Cl2NO. The summed E-state index contributed by atoms with van der Waals surface area (Å²) in [6.07, 6.45) is 1.10. The third-order valence-electron chi connectivity index (χ3n) is 2.95. The number of hydrogen-bond acceptors (Lipinski definition) is 2. The summed E-state index contributed by atoms with van der Waals surface area (Å²) >= 11 is 12.2. The van der Waals surface area contributed by atoms with Crippen LogP contribution in [0.15, 0.2) is 34.7 Å². The molecule has 0 bridgehead atoms. The highest BCUT2D eigenvalue weighted by atomic mass is 35.5. The molecule has 0 radical (unpaired) electrons. The lowest BCUT2D eigenvalue weighted by Crippen LogP contribution is -2.18. The molecule has 0 aliphatic rings. The van der Waals surface area contributed by atoms with Crippen LogP contribution < -0.4 is 5.32 Å². The Morgan fingerprint density at radius 3 is 2.74 bits per heavy atom. The van der Waals surface area contributed by atoms with Gasteiger partial charge in [-0.1, -0.05) is 30.1 Å². The molecule has 2 nitrogen and oxygen atoms in total. The van der Waals surface area contributed by atoms with E-state index in [1.807, 2.05) is 18.2 Å². The second kappa shape index (κ2) is 6.47. The van der Waals surface area contributed by atoms with Crippen LogP contribution in [0.2, 0.25) is 10.0 Å². The van der Waals surface area contributed by atoms with Crippen molar-refractivity contribution in [2.24, 2.45) is 0 Å². The van der Waals surface area contributed by atoms with Gasteiger partial charge in [0.2, 0.25) is 0 Å². The van der Waals surface area contributed by atoms with Gasteiger partial charge in [0, 0.05) is 10.6 Å². The SMILES string of the molecule is CCCNC(C)c1ccc(-c2cc(Cl)ccc2Cl)o1. The Kier molecular flexibility index (Phi) is 4.92. The number of nitrogens with one attached hydrogen (secondary N) is 1. The summed E-state index contributed by atoms with van der Waals surface area (Å²) in [4.78, 5) is 0. The van der Waals surface area contributed by atoms with E-state index in [1.165, 1.54) is 0 Å². The van der Waals surface area contributed by atoms with Crippen molar-refractivity contribution in [3.05, 3.63) is 46.1 Å². The maximum Gasteiger partial charge on any atom is 0.135 e. The van der Waals surface area contributed by atoms with Gasteiger partial charge < -0.3 is 9.73 Å². The highest BCUT2D eigenvalue weighted by Crippen LogP contribution is 2.32. The largest absolute Gasteiger partial charge is 0.459 e. The third-order valence-corrected chi connectivity index (χ3v) is 3.51. The fraction of sp³-hybridized carbons (Fsp3) is 0.333. The van der Waals surface area contributed by atoms with Gasteiger partial charge in [-0.2, -0.15) is 0 Å². The molecule has 0 saturated carbocycles. The van der Waals surface area contributed by atoms with Crippen LogP contribution in [-0.2, 0) is 0 Å². The molecular weight excluding hydrogens is 281 g/mol. The number of hydrogen-bond donors (Lipinski definition) is 1. The van der Waals surface area contributed by atoms with Gasteiger partial charge in [0.1, 0.15) is 11.5 Å². The zero-order valence-electron chi connectivity index (χ0n) is 11.0. The lowest BCUT2D eigenvalue weighted by atomic mass is 10.2. The monoisotopic (exact) mass is 297 g/mol. The minimum atomic E-state index is 0.187. The highest BCUT2D eigenvalue weighted by molar-refractivity contribution is 6.35. The van der Waals surface area contributed by atoms with Crippen LogP contribution in [0.25, 0.3) is 11.3 Å². The molecule has 1 aromatic carbocycles. The minimum Gasteiger partial charge on any atom is -0.459 e. The summed E-state index contributed by atoms with van der Waals surface area (Å²) in [5, 5.41) is 4.67. The van der Waals surface area contributed by atoms with Crippen LogP contribution in [0, 0.1) is 0 Å². The molecule has 2 aromatic rings. The summed E-state index contributed by atoms with van der Waals surface area (Å²) in [7, 11) is 0. The van der Waals surface area contributed by atoms with Crippen LogP contribution in [-0.4, -0.2) is 6.54 Å². The fourth-order valence-electron chi connectivity index (χ4n) is 1.88.